The largest absolute Gasteiger partial charge is 0.241 e. The van der Waals surface area contributed by atoms with E-state index in [2.05, 4.69) is 39.0 Å². The summed E-state index contributed by atoms with van der Waals surface area (Å²) in [7, 11) is 0. The number of aromatic nitrogens is 2. The summed E-state index contributed by atoms with van der Waals surface area (Å²) < 4.78 is 1.74. The number of nitrogens with zero attached hydrogens (tertiary/aromatic N) is 2. The van der Waals surface area contributed by atoms with Gasteiger partial charge in [0.2, 0.25) is 0 Å². The average molecular weight is 176 g/mol. The predicted octanol–water partition coefficient (Wildman–Crippen LogP) is 2.92. The fourth-order valence-electron chi connectivity index (χ4n) is 1.30. The van der Waals surface area contributed by atoms with Crippen molar-refractivity contribution in [3.63, 3.8) is 0 Å². The Bertz CT molecular complexity index is 326. The molecular weight excluding hydrogens is 160 g/mol. The molecule has 0 aromatic carbocycles. The Morgan fingerprint density at radius 2 is 2.00 bits per heavy atom. The fraction of sp³-hybridized carbons (Fsp3) is 0.364. The van der Waals surface area contributed by atoms with E-state index in [1.807, 2.05) is 12.3 Å². The van der Waals surface area contributed by atoms with Crippen molar-refractivity contribution in [1.29, 1.82) is 0 Å². The third-order valence-electron chi connectivity index (χ3n) is 2.01. The molecular formula is C11H16N2. The minimum Gasteiger partial charge on any atom is -0.241 e. The van der Waals surface area contributed by atoms with Crippen molar-refractivity contribution >= 4 is 12.3 Å². The van der Waals surface area contributed by atoms with Crippen molar-refractivity contribution in [2.24, 2.45) is 0 Å². The molecule has 1 rings (SSSR count). The van der Waals surface area contributed by atoms with Crippen LogP contribution < -0.4 is 0 Å². The summed E-state index contributed by atoms with van der Waals surface area (Å²) in [4.78, 5) is 0. The lowest BCUT2D eigenvalue weighted by molar-refractivity contribution is 0.589. The highest BCUT2D eigenvalue weighted by molar-refractivity contribution is 5.52. The number of rotatable bonds is 2. The van der Waals surface area contributed by atoms with Crippen LogP contribution in [-0.2, 0) is 5.41 Å². The molecule has 1 heterocycles. The SMILES string of the molecule is C=Cc1c(C(C)(C)C)cnn1C=C. The van der Waals surface area contributed by atoms with Gasteiger partial charge in [0.05, 0.1) is 11.9 Å². The molecule has 0 unspecified atom stereocenters. The first-order chi connectivity index (χ1) is 6.00. The molecule has 0 aliphatic rings. The van der Waals surface area contributed by atoms with Gasteiger partial charge >= 0.3 is 0 Å². The molecule has 2 heteroatoms. The zero-order valence-electron chi connectivity index (χ0n) is 8.54. The van der Waals surface area contributed by atoms with E-state index in [0.717, 1.165) is 5.69 Å². The van der Waals surface area contributed by atoms with Gasteiger partial charge in [0.15, 0.2) is 0 Å². The Kier molecular flexibility index (Phi) is 2.41. The lowest BCUT2D eigenvalue weighted by Crippen LogP contribution is -2.12. The molecule has 1 aromatic heterocycles. The Morgan fingerprint density at radius 3 is 2.38 bits per heavy atom. The molecule has 0 aliphatic heterocycles. The minimum atomic E-state index is 0.102. The summed E-state index contributed by atoms with van der Waals surface area (Å²) in [5.41, 5.74) is 2.33. The second-order valence-corrected chi connectivity index (χ2v) is 4.02. The van der Waals surface area contributed by atoms with Crippen LogP contribution in [-0.4, -0.2) is 9.78 Å². The summed E-state index contributed by atoms with van der Waals surface area (Å²) in [6, 6.07) is 0. The molecule has 13 heavy (non-hydrogen) atoms. The van der Waals surface area contributed by atoms with E-state index in [4.69, 9.17) is 0 Å². The van der Waals surface area contributed by atoms with Crippen molar-refractivity contribution in [3.05, 3.63) is 30.6 Å². The summed E-state index contributed by atoms with van der Waals surface area (Å²) >= 11 is 0. The molecule has 0 bridgehead atoms. The van der Waals surface area contributed by atoms with E-state index in [0.29, 0.717) is 0 Å². The summed E-state index contributed by atoms with van der Waals surface area (Å²) in [6.45, 7) is 13.9. The van der Waals surface area contributed by atoms with Crippen LogP contribution in [0.4, 0.5) is 0 Å². The smallest absolute Gasteiger partial charge is 0.0692 e. The van der Waals surface area contributed by atoms with E-state index in [1.165, 1.54) is 5.56 Å². The Labute approximate surface area is 79.6 Å². The van der Waals surface area contributed by atoms with Gasteiger partial charge in [0, 0.05) is 11.8 Å². The van der Waals surface area contributed by atoms with Gasteiger partial charge < -0.3 is 0 Å². The Hall–Kier alpha value is -1.31. The maximum Gasteiger partial charge on any atom is 0.0692 e. The Morgan fingerprint density at radius 1 is 1.38 bits per heavy atom. The van der Waals surface area contributed by atoms with Crippen molar-refractivity contribution in [2.75, 3.05) is 0 Å². The van der Waals surface area contributed by atoms with Gasteiger partial charge in [-0.15, -0.1) is 0 Å². The summed E-state index contributed by atoms with van der Waals surface area (Å²) in [5.74, 6) is 0. The molecule has 0 spiro atoms. The quantitative estimate of drug-likeness (QED) is 0.677. The predicted molar refractivity (Wildman–Crippen MR) is 57.4 cm³/mol. The first kappa shape index (κ1) is 9.78. The third kappa shape index (κ3) is 1.72. The van der Waals surface area contributed by atoms with Gasteiger partial charge in [-0.05, 0) is 11.5 Å². The van der Waals surface area contributed by atoms with Gasteiger partial charge in [0.1, 0.15) is 0 Å². The second-order valence-electron chi connectivity index (χ2n) is 4.02. The van der Waals surface area contributed by atoms with Gasteiger partial charge in [0.25, 0.3) is 0 Å². The van der Waals surface area contributed by atoms with Crippen molar-refractivity contribution < 1.29 is 0 Å². The normalized spacial score (nSPS) is 11.3. The van der Waals surface area contributed by atoms with Crippen LogP contribution >= 0.6 is 0 Å². The van der Waals surface area contributed by atoms with Gasteiger partial charge in [-0.3, -0.25) is 0 Å². The van der Waals surface area contributed by atoms with E-state index in [9.17, 15) is 0 Å². The molecule has 0 saturated heterocycles. The van der Waals surface area contributed by atoms with Crippen LogP contribution in [0.3, 0.4) is 0 Å². The van der Waals surface area contributed by atoms with Crippen LogP contribution in [0, 0.1) is 0 Å². The monoisotopic (exact) mass is 176 g/mol. The summed E-state index contributed by atoms with van der Waals surface area (Å²) in [6.07, 6.45) is 5.38. The van der Waals surface area contributed by atoms with E-state index in [-0.39, 0.29) is 5.41 Å². The third-order valence-corrected chi connectivity index (χ3v) is 2.01. The molecule has 0 atom stereocenters. The number of hydrogen-bond acceptors (Lipinski definition) is 1. The first-order valence-corrected chi connectivity index (χ1v) is 4.33. The van der Waals surface area contributed by atoms with Crippen LogP contribution in [0.15, 0.2) is 19.4 Å². The topological polar surface area (TPSA) is 17.8 Å². The summed E-state index contributed by atoms with van der Waals surface area (Å²) in [5, 5.41) is 4.20. The highest BCUT2D eigenvalue weighted by Crippen LogP contribution is 2.26. The van der Waals surface area contributed by atoms with E-state index < -0.39 is 0 Å². The van der Waals surface area contributed by atoms with Crippen LogP contribution in [0.25, 0.3) is 12.3 Å². The standard InChI is InChI=1S/C11H16N2/c1-6-10-9(11(3,4)5)8-12-13(10)7-2/h6-8H,1-2H2,3-5H3. The zero-order chi connectivity index (χ0) is 10.1. The molecule has 70 valence electrons. The van der Waals surface area contributed by atoms with Crippen LogP contribution in [0.5, 0.6) is 0 Å². The lowest BCUT2D eigenvalue weighted by atomic mass is 9.87. The molecule has 2 nitrogen and oxygen atoms in total. The van der Waals surface area contributed by atoms with Crippen molar-refractivity contribution in [3.8, 4) is 0 Å². The van der Waals surface area contributed by atoms with Crippen molar-refractivity contribution in [2.45, 2.75) is 26.2 Å². The van der Waals surface area contributed by atoms with Crippen molar-refractivity contribution in [1.82, 2.24) is 9.78 Å². The Balaban J connectivity index is 3.31. The highest BCUT2D eigenvalue weighted by Gasteiger charge is 2.19. The maximum atomic E-state index is 4.20. The molecule has 0 radical (unpaired) electrons. The molecule has 0 N–H and O–H groups in total. The van der Waals surface area contributed by atoms with Gasteiger partial charge in [-0.25, -0.2) is 4.68 Å². The van der Waals surface area contributed by atoms with Gasteiger partial charge in [-0.2, -0.15) is 5.10 Å². The second kappa shape index (κ2) is 3.21. The maximum absolute atomic E-state index is 4.20. The first-order valence-electron chi connectivity index (χ1n) is 4.33. The fourth-order valence-corrected chi connectivity index (χ4v) is 1.30. The minimum absolute atomic E-state index is 0.102. The molecule has 0 aliphatic carbocycles. The molecule has 0 saturated carbocycles. The highest BCUT2D eigenvalue weighted by atomic mass is 15.3. The lowest BCUT2D eigenvalue weighted by Gasteiger charge is -2.17. The number of hydrogen-bond donors (Lipinski definition) is 0. The molecule has 0 amide bonds. The van der Waals surface area contributed by atoms with E-state index in [1.54, 1.807) is 10.9 Å². The van der Waals surface area contributed by atoms with Gasteiger partial charge in [-0.1, -0.05) is 33.9 Å². The van der Waals surface area contributed by atoms with Crippen LogP contribution in [0.2, 0.25) is 0 Å². The molecule has 0 fully saturated rings. The zero-order valence-corrected chi connectivity index (χ0v) is 8.54. The average Bonchev–Trinajstić information content (AvgIpc) is 2.45. The molecule has 1 aromatic rings. The van der Waals surface area contributed by atoms with E-state index >= 15 is 0 Å². The van der Waals surface area contributed by atoms with Crippen LogP contribution in [0.1, 0.15) is 32.0 Å².